The minimum absolute atomic E-state index is 0.257. The fourth-order valence-corrected chi connectivity index (χ4v) is 3.08. The third-order valence-corrected chi connectivity index (χ3v) is 4.69. The molecule has 4 aromatic rings. The van der Waals surface area contributed by atoms with Gasteiger partial charge in [-0.3, -0.25) is 4.79 Å². The van der Waals surface area contributed by atoms with Crippen LogP contribution in [0.1, 0.15) is 15.9 Å². The fourth-order valence-electron chi connectivity index (χ4n) is 3.08. The number of anilines is 1. The number of nitrogens with one attached hydrogen (secondary N) is 1. The van der Waals surface area contributed by atoms with E-state index in [1.54, 1.807) is 56.7 Å². The molecule has 0 fully saturated rings. The van der Waals surface area contributed by atoms with Crippen molar-refractivity contribution in [1.82, 2.24) is 10.2 Å². The van der Waals surface area contributed by atoms with E-state index in [1.165, 1.54) is 0 Å². The van der Waals surface area contributed by atoms with E-state index in [9.17, 15) is 4.79 Å². The maximum atomic E-state index is 12.6. The Morgan fingerprint density at radius 2 is 1.48 bits per heavy atom. The van der Waals surface area contributed by atoms with Crippen LogP contribution in [0.5, 0.6) is 11.5 Å². The topological polar surface area (TPSA) is 86.5 Å². The quantitative estimate of drug-likeness (QED) is 0.478. The van der Waals surface area contributed by atoms with E-state index < -0.39 is 0 Å². The van der Waals surface area contributed by atoms with Crippen LogP contribution in [0.15, 0.2) is 71.1 Å². The van der Waals surface area contributed by atoms with Gasteiger partial charge in [-0.1, -0.05) is 17.7 Å². The summed E-state index contributed by atoms with van der Waals surface area (Å²) in [6.07, 6.45) is 0. The van der Waals surface area contributed by atoms with Crippen LogP contribution >= 0.6 is 0 Å². The van der Waals surface area contributed by atoms with Crippen molar-refractivity contribution in [2.24, 2.45) is 0 Å². The van der Waals surface area contributed by atoms with Gasteiger partial charge in [0.2, 0.25) is 11.8 Å². The van der Waals surface area contributed by atoms with Gasteiger partial charge in [-0.25, -0.2) is 0 Å². The molecule has 0 aliphatic carbocycles. The summed E-state index contributed by atoms with van der Waals surface area (Å²) in [6, 6.07) is 20.0. The van der Waals surface area contributed by atoms with Crippen LogP contribution in [0.4, 0.5) is 5.69 Å². The fraction of sp³-hybridized carbons (Fsp3) is 0.125. The van der Waals surface area contributed by atoms with E-state index in [0.717, 1.165) is 16.7 Å². The van der Waals surface area contributed by atoms with Gasteiger partial charge in [-0.15, -0.1) is 10.2 Å². The van der Waals surface area contributed by atoms with Gasteiger partial charge in [0.05, 0.1) is 14.2 Å². The molecule has 1 aromatic heterocycles. The van der Waals surface area contributed by atoms with Crippen molar-refractivity contribution in [3.8, 4) is 34.4 Å². The Labute approximate surface area is 179 Å². The summed E-state index contributed by atoms with van der Waals surface area (Å²) in [5.41, 5.74) is 3.77. The summed E-state index contributed by atoms with van der Waals surface area (Å²) in [5.74, 6) is 1.76. The van der Waals surface area contributed by atoms with E-state index in [1.807, 2.05) is 31.2 Å². The third kappa shape index (κ3) is 4.56. The Kier molecular flexibility index (Phi) is 5.66. The molecule has 0 saturated carbocycles. The lowest BCUT2D eigenvalue weighted by molar-refractivity contribution is 0.102. The normalized spacial score (nSPS) is 10.5. The van der Waals surface area contributed by atoms with Crippen LogP contribution in [-0.2, 0) is 0 Å². The van der Waals surface area contributed by atoms with Gasteiger partial charge in [0.15, 0.2) is 0 Å². The zero-order valence-corrected chi connectivity index (χ0v) is 17.4. The second-order valence-electron chi connectivity index (χ2n) is 6.91. The van der Waals surface area contributed by atoms with Gasteiger partial charge in [0.1, 0.15) is 11.5 Å². The van der Waals surface area contributed by atoms with Crippen molar-refractivity contribution in [2.45, 2.75) is 6.92 Å². The van der Waals surface area contributed by atoms with Crippen molar-refractivity contribution < 1.29 is 18.7 Å². The molecule has 1 amide bonds. The standard InChI is InChI=1S/C24H21N3O4/c1-15-5-4-6-18(11-15)24-27-26-23(31-24)17-9-7-16(8-10-17)22(28)25-19-12-20(29-2)14-21(13-19)30-3/h4-14H,1-3H3,(H,25,28). The average molecular weight is 415 g/mol. The number of hydrogen-bond acceptors (Lipinski definition) is 6. The highest BCUT2D eigenvalue weighted by molar-refractivity contribution is 6.04. The molecule has 1 heterocycles. The highest BCUT2D eigenvalue weighted by atomic mass is 16.5. The summed E-state index contributed by atoms with van der Waals surface area (Å²) < 4.78 is 16.3. The number of amides is 1. The second-order valence-corrected chi connectivity index (χ2v) is 6.91. The molecule has 7 heteroatoms. The van der Waals surface area contributed by atoms with E-state index in [2.05, 4.69) is 15.5 Å². The first-order valence-electron chi connectivity index (χ1n) is 9.61. The molecule has 0 aliphatic rings. The van der Waals surface area contributed by atoms with Gasteiger partial charge in [-0.05, 0) is 43.3 Å². The van der Waals surface area contributed by atoms with Gasteiger partial charge in [-0.2, -0.15) is 0 Å². The monoisotopic (exact) mass is 415 g/mol. The number of hydrogen-bond donors (Lipinski definition) is 1. The molecular weight excluding hydrogens is 394 g/mol. The Morgan fingerprint density at radius 3 is 2.10 bits per heavy atom. The molecule has 0 spiro atoms. The van der Waals surface area contributed by atoms with Gasteiger partial charge in [0, 0.05) is 40.6 Å². The summed E-state index contributed by atoms with van der Waals surface area (Å²) in [5, 5.41) is 11.1. The number of carbonyl (C=O) groups excluding carboxylic acids is 1. The third-order valence-electron chi connectivity index (χ3n) is 4.69. The highest BCUT2D eigenvalue weighted by Crippen LogP contribution is 2.27. The van der Waals surface area contributed by atoms with Crippen LogP contribution in [0, 0.1) is 6.92 Å². The lowest BCUT2D eigenvalue weighted by Gasteiger charge is -2.10. The number of carbonyl (C=O) groups is 1. The largest absolute Gasteiger partial charge is 0.497 e. The molecule has 31 heavy (non-hydrogen) atoms. The minimum atomic E-state index is -0.257. The SMILES string of the molecule is COc1cc(NC(=O)c2ccc(-c3nnc(-c4cccc(C)c4)o3)cc2)cc(OC)c1. The number of ether oxygens (including phenoxy) is 2. The molecular formula is C24H21N3O4. The predicted octanol–water partition coefficient (Wildman–Crippen LogP) is 4.98. The highest BCUT2D eigenvalue weighted by Gasteiger charge is 2.13. The van der Waals surface area contributed by atoms with Crippen LogP contribution in [0.25, 0.3) is 22.9 Å². The number of methoxy groups -OCH3 is 2. The Balaban J connectivity index is 1.50. The minimum Gasteiger partial charge on any atom is -0.497 e. The van der Waals surface area contributed by atoms with E-state index in [4.69, 9.17) is 13.9 Å². The van der Waals surface area contributed by atoms with E-state index >= 15 is 0 Å². The predicted molar refractivity (Wildman–Crippen MR) is 117 cm³/mol. The number of aromatic nitrogens is 2. The summed E-state index contributed by atoms with van der Waals surface area (Å²) in [4.78, 5) is 12.6. The molecule has 0 unspecified atom stereocenters. The summed E-state index contributed by atoms with van der Waals surface area (Å²) in [7, 11) is 3.11. The number of aryl methyl sites for hydroxylation is 1. The summed E-state index contributed by atoms with van der Waals surface area (Å²) >= 11 is 0. The molecule has 0 saturated heterocycles. The molecule has 7 nitrogen and oxygen atoms in total. The van der Waals surface area contributed by atoms with Crippen LogP contribution < -0.4 is 14.8 Å². The number of nitrogens with zero attached hydrogens (tertiary/aromatic N) is 2. The molecule has 0 atom stereocenters. The van der Waals surface area contributed by atoms with Crippen molar-refractivity contribution in [3.63, 3.8) is 0 Å². The Morgan fingerprint density at radius 1 is 0.839 bits per heavy atom. The van der Waals surface area contributed by atoms with E-state index in [0.29, 0.717) is 34.5 Å². The first kappa shape index (κ1) is 20.2. The van der Waals surface area contributed by atoms with Gasteiger partial charge in [0.25, 0.3) is 5.91 Å². The molecule has 1 N–H and O–H groups in total. The van der Waals surface area contributed by atoms with Gasteiger partial charge < -0.3 is 19.2 Å². The molecule has 0 bridgehead atoms. The maximum absolute atomic E-state index is 12.6. The van der Waals surface area contributed by atoms with Crippen LogP contribution in [-0.4, -0.2) is 30.3 Å². The zero-order valence-electron chi connectivity index (χ0n) is 17.4. The van der Waals surface area contributed by atoms with Crippen molar-refractivity contribution in [1.29, 1.82) is 0 Å². The van der Waals surface area contributed by atoms with Crippen LogP contribution in [0.3, 0.4) is 0 Å². The Bertz CT molecular complexity index is 1190. The number of benzene rings is 3. The van der Waals surface area contributed by atoms with Crippen LogP contribution in [0.2, 0.25) is 0 Å². The molecule has 0 aliphatic heterocycles. The van der Waals surface area contributed by atoms with Crippen molar-refractivity contribution in [2.75, 3.05) is 19.5 Å². The van der Waals surface area contributed by atoms with E-state index in [-0.39, 0.29) is 5.91 Å². The maximum Gasteiger partial charge on any atom is 0.255 e. The average Bonchev–Trinajstić information content (AvgIpc) is 3.29. The lowest BCUT2D eigenvalue weighted by Crippen LogP contribution is -2.11. The molecule has 0 radical (unpaired) electrons. The first-order chi connectivity index (χ1) is 15.1. The smallest absolute Gasteiger partial charge is 0.255 e. The Hall–Kier alpha value is -4.13. The molecule has 3 aromatic carbocycles. The lowest BCUT2D eigenvalue weighted by atomic mass is 10.1. The molecule has 156 valence electrons. The number of rotatable bonds is 6. The molecule has 4 rings (SSSR count). The van der Waals surface area contributed by atoms with Crippen molar-refractivity contribution >= 4 is 11.6 Å². The summed E-state index contributed by atoms with van der Waals surface area (Å²) in [6.45, 7) is 2.01. The van der Waals surface area contributed by atoms with Gasteiger partial charge >= 0.3 is 0 Å². The first-order valence-corrected chi connectivity index (χ1v) is 9.61. The second kappa shape index (κ2) is 8.71. The zero-order chi connectivity index (χ0) is 21.8. The van der Waals surface area contributed by atoms with Crippen molar-refractivity contribution in [3.05, 3.63) is 77.9 Å².